The maximum absolute atomic E-state index is 11.2. The monoisotopic (exact) mass is 243 g/mol. The Hall–Kier alpha value is -2.03. The van der Waals surface area contributed by atoms with Gasteiger partial charge in [0.15, 0.2) is 0 Å². The summed E-state index contributed by atoms with van der Waals surface area (Å²) >= 11 is 0. The van der Waals surface area contributed by atoms with E-state index in [-0.39, 0.29) is 0 Å². The number of carbonyl (C=O) groups is 1. The third-order valence-electron chi connectivity index (χ3n) is 3.21. The van der Waals surface area contributed by atoms with E-state index in [0.717, 1.165) is 11.1 Å². The second-order valence-corrected chi connectivity index (χ2v) is 4.71. The summed E-state index contributed by atoms with van der Waals surface area (Å²) in [4.78, 5) is 11.2. The van der Waals surface area contributed by atoms with Crippen LogP contribution in [-0.4, -0.2) is 15.6 Å². The van der Waals surface area contributed by atoms with Gasteiger partial charge in [-0.05, 0) is 43.5 Å². The molecule has 1 aromatic heterocycles. The molecule has 0 amide bonds. The Morgan fingerprint density at radius 3 is 2.50 bits per heavy atom. The first-order chi connectivity index (χ1) is 8.49. The predicted molar refractivity (Wildman–Crippen MR) is 71.1 cm³/mol. The zero-order chi connectivity index (χ0) is 13.3. The number of aromatic nitrogens is 1. The molecule has 2 aromatic rings. The van der Waals surface area contributed by atoms with Crippen LogP contribution in [0.4, 0.5) is 0 Å². The zero-order valence-corrected chi connectivity index (χ0v) is 10.9. The number of carboxylic acids is 1. The third-order valence-corrected chi connectivity index (χ3v) is 3.21. The van der Waals surface area contributed by atoms with Crippen molar-refractivity contribution < 1.29 is 9.90 Å². The summed E-state index contributed by atoms with van der Waals surface area (Å²) in [5, 5.41) is 9.21. The van der Waals surface area contributed by atoms with Gasteiger partial charge < -0.3 is 9.67 Å². The van der Waals surface area contributed by atoms with Crippen molar-refractivity contribution >= 4 is 5.97 Å². The molecular formula is C15H17NO2. The molecule has 0 unspecified atom stereocenters. The van der Waals surface area contributed by atoms with E-state index in [1.807, 2.05) is 19.2 Å². The highest BCUT2D eigenvalue weighted by Gasteiger charge is 2.13. The van der Waals surface area contributed by atoms with E-state index in [1.165, 1.54) is 11.1 Å². The molecule has 0 aliphatic heterocycles. The van der Waals surface area contributed by atoms with Gasteiger partial charge in [-0.2, -0.15) is 0 Å². The van der Waals surface area contributed by atoms with E-state index in [2.05, 4.69) is 32.0 Å². The lowest BCUT2D eigenvalue weighted by atomic mass is 10.1. The first kappa shape index (κ1) is 12.4. The van der Waals surface area contributed by atoms with Gasteiger partial charge in [0.1, 0.15) is 5.69 Å². The van der Waals surface area contributed by atoms with Crippen molar-refractivity contribution in [3.05, 3.63) is 58.4 Å². The molecule has 3 heteroatoms. The molecule has 0 saturated heterocycles. The lowest BCUT2D eigenvalue weighted by molar-refractivity contribution is 0.0685. The number of nitrogens with zero attached hydrogens (tertiary/aromatic N) is 1. The van der Waals surface area contributed by atoms with Crippen molar-refractivity contribution in [2.75, 3.05) is 0 Å². The minimum Gasteiger partial charge on any atom is -0.477 e. The predicted octanol–water partition coefficient (Wildman–Crippen LogP) is 3.16. The number of benzene rings is 1. The summed E-state index contributed by atoms with van der Waals surface area (Å²) in [6.45, 7) is 6.53. The number of carboxylic acid groups (broad SMARTS) is 1. The van der Waals surface area contributed by atoms with Gasteiger partial charge >= 0.3 is 5.97 Å². The molecule has 0 fully saturated rings. The minimum atomic E-state index is -0.873. The van der Waals surface area contributed by atoms with Crippen LogP contribution in [-0.2, 0) is 6.54 Å². The second kappa shape index (κ2) is 4.69. The van der Waals surface area contributed by atoms with Crippen molar-refractivity contribution in [3.63, 3.8) is 0 Å². The maximum Gasteiger partial charge on any atom is 0.352 e. The first-order valence-corrected chi connectivity index (χ1v) is 5.94. The molecular weight excluding hydrogens is 226 g/mol. The summed E-state index contributed by atoms with van der Waals surface area (Å²) in [5.74, 6) is -0.873. The molecule has 3 nitrogen and oxygen atoms in total. The highest BCUT2D eigenvalue weighted by molar-refractivity contribution is 5.87. The van der Waals surface area contributed by atoms with Crippen LogP contribution < -0.4 is 0 Å². The summed E-state index contributed by atoms with van der Waals surface area (Å²) in [7, 11) is 0. The molecule has 18 heavy (non-hydrogen) atoms. The highest BCUT2D eigenvalue weighted by Crippen LogP contribution is 2.16. The number of rotatable bonds is 3. The van der Waals surface area contributed by atoms with Crippen LogP contribution in [0.5, 0.6) is 0 Å². The zero-order valence-electron chi connectivity index (χ0n) is 10.9. The molecule has 0 aliphatic carbocycles. The van der Waals surface area contributed by atoms with Crippen LogP contribution in [0.2, 0.25) is 0 Å². The van der Waals surface area contributed by atoms with Gasteiger partial charge in [0.25, 0.3) is 0 Å². The Balaban J connectivity index is 2.37. The number of aryl methyl sites for hydroxylation is 3. The van der Waals surface area contributed by atoms with Crippen LogP contribution in [0.3, 0.4) is 0 Å². The van der Waals surface area contributed by atoms with Gasteiger partial charge in [-0.25, -0.2) is 4.79 Å². The fourth-order valence-corrected chi connectivity index (χ4v) is 2.21. The Morgan fingerprint density at radius 2 is 1.89 bits per heavy atom. The van der Waals surface area contributed by atoms with E-state index in [0.29, 0.717) is 12.2 Å². The molecule has 1 N–H and O–H groups in total. The smallest absolute Gasteiger partial charge is 0.352 e. The molecule has 0 spiro atoms. The standard InChI is InChI=1S/C15H17NO2/c1-10-4-5-13(12(3)8-10)9-16-7-6-11(2)14(16)15(17)18/h4-8H,9H2,1-3H3,(H,17,18). The molecule has 0 radical (unpaired) electrons. The third kappa shape index (κ3) is 2.30. The van der Waals surface area contributed by atoms with Crippen LogP contribution in [0.25, 0.3) is 0 Å². The van der Waals surface area contributed by atoms with Crippen LogP contribution in [0.15, 0.2) is 30.5 Å². The van der Waals surface area contributed by atoms with Gasteiger partial charge in [-0.1, -0.05) is 23.8 Å². The van der Waals surface area contributed by atoms with Crippen LogP contribution in [0, 0.1) is 20.8 Å². The van der Waals surface area contributed by atoms with Crippen molar-refractivity contribution in [1.82, 2.24) is 4.57 Å². The molecule has 0 bridgehead atoms. The van der Waals surface area contributed by atoms with Crippen molar-refractivity contribution in [3.8, 4) is 0 Å². The van der Waals surface area contributed by atoms with Crippen molar-refractivity contribution in [2.24, 2.45) is 0 Å². The minimum absolute atomic E-state index is 0.370. The van der Waals surface area contributed by atoms with E-state index < -0.39 is 5.97 Å². The average Bonchev–Trinajstić information content (AvgIpc) is 2.64. The summed E-state index contributed by atoms with van der Waals surface area (Å²) in [5.41, 5.74) is 4.73. The number of hydrogen-bond acceptors (Lipinski definition) is 1. The topological polar surface area (TPSA) is 42.2 Å². The van der Waals surface area contributed by atoms with Gasteiger partial charge in [-0.15, -0.1) is 0 Å². The fourth-order valence-electron chi connectivity index (χ4n) is 2.21. The van der Waals surface area contributed by atoms with Gasteiger partial charge in [0, 0.05) is 12.7 Å². The van der Waals surface area contributed by atoms with Crippen molar-refractivity contribution in [1.29, 1.82) is 0 Å². The van der Waals surface area contributed by atoms with Gasteiger partial charge in [0.2, 0.25) is 0 Å². The Bertz CT molecular complexity index is 597. The number of hydrogen-bond donors (Lipinski definition) is 1. The molecule has 1 aromatic carbocycles. The van der Waals surface area contributed by atoms with E-state index in [9.17, 15) is 9.90 Å². The summed E-state index contributed by atoms with van der Waals surface area (Å²) in [6.07, 6.45) is 1.83. The largest absolute Gasteiger partial charge is 0.477 e. The van der Waals surface area contributed by atoms with Crippen LogP contribution in [0.1, 0.15) is 32.7 Å². The van der Waals surface area contributed by atoms with Gasteiger partial charge in [-0.3, -0.25) is 0 Å². The Labute approximate surface area is 107 Å². The Kier molecular flexibility index (Phi) is 3.24. The lowest BCUT2D eigenvalue weighted by Crippen LogP contribution is -2.10. The molecule has 0 saturated carbocycles. The average molecular weight is 243 g/mol. The molecule has 1 heterocycles. The first-order valence-electron chi connectivity index (χ1n) is 5.94. The molecule has 94 valence electrons. The van der Waals surface area contributed by atoms with E-state index in [1.54, 1.807) is 4.57 Å². The molecule has 2 rings (SSSR count). The van der Waals surface area contributed by atoms with Gasteiger partial charge in [0.05, 0.1) is 0 Å². The lowest BCUT2D eigenvalue weighted by Gasteiger charge is -2.10. The Morgan fingerprint density at radius 1 is 1.17 bits per heavy atom. The summed E-state index contributed by atoms with van der Waals surface area (Å²) < 4.78 is 1.79. The van der Waals surface area contributed by atoms with E-state index >= 15 is 0 Å². The second-order valence-electron chi connectivity index (χ2n) is 4.71. The number of aromatic carboxylic acids is 1. The van der Waals surface area contributed by atoms with Crippen LogP contribution >= 0.6 is 0 Å². The fraction of sp³-hybridized carbons (Fsp3) is 0.267. The molecule has 0 aliphatic rings. The maximum atomic E-state index is 11.2. The molecule has 0 atom stereocenters. The normalized spacial score (nSPS) is 10.6. The quantitative estimate of drug-likeness (QED) is 0.899. The highest BCUT2D eigenvalue weighted by atomic mass is 16.4. The SMILES string of the molecule is Cc1ccc(Cn2ccc(C)c2C(=O)O)c(C)c1. The van der Waals surface area contributed by atoms with E-state index in [4.69, 9.17) is 0 Å². The van der Waals surface area contributed by atoms with Crippen molar-refractivity contribution in [2.45, 2.75) is 27.3 Å². The summed E-state index contributed by atoms with van der Waals surface area (Å²) in [6, 6.07) is 8.07.